The zero-order chi connectivity index (χ0) is 24.9. The third-order valence-electron chi connectivity index (χ3n) is 5.08. The lowest BCUT2D eigenvalue weighted by Crippen LogP contribution is -2.14. The number of benzene rings is 2. The van der Waals surface area contributed by atoms with Crippen molar-refractivity contribution in [2.24, 2.45) is 0 Å². The number of methoxy groups -OCH3 is 1. The van der Waals surface area contributed by atoms with Crippen LogP contribution in [-0.2, 0) is 4.74 Å². The largest absolute Gasteiger partial charge is 0.497 e. The number of ether oxygens (including phenoxy) is 2. The standard InChI is InChI=1S/C25H20N2O7S/c1-3-33-25(29)22-18(15-7-5-4-6-8-15)14-35-24(22)26-23(28)21-12-11-20(34-21)17-10-9-16(32-2)13-19(17)27(30)31/h4-14H,3H2,1-2H3,(H,26,28). The van der Waals surface area contributed by atoms with Gasteiger partial charge in [-0.2, -0.15) is 0 Å². The highest BCUT2D eigenvalue weighted by molar-refractivity contribution is 7.15. The Balaban J connectivity index is 1.64. The predicted molar refractivity (Wildman–Crippen MR) is 131 cm³/mol. The van der Waals surface area contributed by atoms with Gasteiger partial charge in [0, 0.05) is 10.9 Å². The quantitative estimate of drug-likeness (QED) is 0.181. The number of rotatable bonds is 8. The highest BCUT2D eigenvalue weighted by atomic mass is 32.1. The van der Waals surface area contributed by atoms with E-state index in [2.05, 4.69) is 5.32 Å². The molecule has 1 N–H and O–H groups in total. The molecule has 2 aromatic heterocycles. The lowest BCUT2D eigenvalue weighted by Gasteiger charge is -2.08. The van der Waals surface area contributed by atoms with Crippen LogP contribution in [0.2, 0.25) is 0 Å². The van der Waals surface area contributed by atoms with E-state index in [1.54, 1.807) is 18.4 Å². The Morgan fingerprint density at radius 2 is 1.86 bits per heavy atom. The molecule has 2 aromatic carbocycles. The van der Waals surface area contributed by atoms with Crippen LogP contribution in [0.1, 0.15) is 27.8 Å². The van der Waals surface area contributed by atoms with E-state index in [1.807, 2.05) is 30.3 Å². The van der Waals surface area contributed by atoms with E-state index in [4.69, 9.17) is 13.9 Å². The number of hydrogen-bond acceptors (Lipinski definition) is 8. The molecule has 35 heavy (non-hydrogen) atoms. The molecular formula is C25H20N2O7S. The van der Waals surface area contributed by atoms with Gasteiger partial charge >= 0.3 is 5.97 Å². The summed E-state index contributed by atoms with van der Waals surface area (Å²) in [6.07, 6.45) is 0. The second kappa shape index (κ2) is 10.2. The molecule has 178 valence electrons. The molecule has 10 heteroatoms. The van der Waals surface area contributed by atoms with Gasteiger partial charge in [0.2, 0.25) is 0 Å². The number of anilines is 1. The predicted octanol–water partition coefficient (Wildman–Crippen LogP) is 6.02. The van der Waals surface area contributed by atoms with Crippen molar-refractivity contribution in [2.45, 2.75) is 6.92 Å². The molecule has 0 spiro atoms. The van der Waals surface area contributed by atoms with Crippen LogP contribution in [0.25, 0.3) is 22.5 Å². The van der Waals surface area contributed by atoms with Crippen molar-refractivity contribution in [3.8, 4) is 28.2 Å². The molecule has 0 aliphatic rings. The molecule has 0 saturated heterocycles. The summed E-state index contributed by atoms with van der Waals surface area (Å²) in [5.41, 5.74) is 1.66. The first-order valence-electron chi connectivity index (χ1n) is 10.5. The van der Waals surface area contributed by atoms with Crippen LogP contribution in [-0.4, -0.2) is 30.5 Å². The topological polar surface area (TPSA) is 121 Å². The van der Waals surface area contributed by atoms with Crippen LogP contribution < -0.4 is 10.1 Å². The van der Waals surface area contributed by atoms with Gasteiger partial charge < -0.3 is 19.2 Å². The first kappa shape index (κ1) is 23.7. The first-order valence-corrected chi connectivity index (χ1v) is 11.4. The summed E-state index contributed by atoms with van der Waals surface area (Å²) in [4.78, 5) is 36.6. The zero-order valence-corrected chi connectivity index (χ0v) is 19.6. The summed E-state index contributed by atoms with van der Waals surface area (Å²) < 4.78 is 15.9. The van der Waals surface area contributed by atoms with Crippen molar-refractivity contribution in [1.29, 1.82) is 0 Å². The Bertz CT molecular complexity index is 1390. The van der Waals surface area contributed by atoms with E-state index < -0.39 is 16.8 Å². The van der Waals surface area contributed by atoms with E-state index in [9.17, 15) is 19.7 Å². The molecule has 4 rings (SSSR count). The average molecular weight is 493 g/mol. The van der Waals surface area contributed by atoms with E-state index >= 15 is 0 Å². The fourth-order valence-corrected chi connectivity index (χ4v) is 4.41. The third kappa shape index (κ3) is 4.92. The summed E-state index contributed by atoms with van der Waals surface area (Å²) in [6.45, 7) is 1.88. The summed E-state index contributed by atoms with van der Waals surface area (Å²) in [5.74, 6) is -0.777. The molecule has 0 bridgehead atoms. The summed E-state index contributed by atoms with van der Waals surface area (Å²) in [5, 5.41) is 16.3. The number of nitrogens with zero attached hydrogens (tertiary/aromatic N) is 1. The molecule has 2 heterocycles. The maximum atomic E-state index is 13.0. The number of nitrogens with one attached hydrogen (secondary N) is 1. The summed E-state index contributed by atoms with van der Waals surface area (Å²) >= 11 is 1.18. The van der Waals surface area contributed by atoms with E-state index in [0.29, 0.717) is 16.3 Å². The number of hydrogen-bond donors (Lipinski definition) is 1. The molecule has 0 aliphatic carbocycles. The fraction of sp³-hybridized carbons (Fsp3) is 0.120. The van der Waals surface area contributed by atoms with Crippen LogP contribution in [0.15, 0.2) is 70.5 Å². The van der Waals surface area contributed by atoms with Gasteiger partial charge in [-0.1, -0.05) is 30.3 Å². The molecule has 4 aromatic rings. The molecule has 0 aliphatic heterocycles. The Labute approximate surface area is 204 Å². The minimum absolute atomic E-state index is 0.0745. The van der Waals surface area contributed by atoms with Crippen molar-refractivity contribution < 1.29 is 28.4 Å². The van der Waals surface area contributed by atoms with Crippen molar-refractivity contribution in [3.63, 3.8) is 0 Å². The molecule has 0 unspecified atom stereocenters. The van der Waals surface area contributed by atoms with E-state index in [-0.39, 0.29) is 34.9 Å². The van der Waals surface area contributed by atoms with E-state index in [1.165, 1.54) is 42.7 Å². The maximum absolute atomic E-state index is 13.0. The number of carbonyl (C=O) groups excluding carboxylic acids is 2. The Hall–Kier alpha value is -4.44. The lowest BCUT2D eigenvalue weighted by atomic mass is 10.0. The molecular weight excluding hydrogens is 472 g/mol. The summed E-state index contributed by atoms with van der Waals surface area (Å²) in [7, 11) is 1.41. The van der Waals surface area contributed by atoms with Crippen LogP contribution in [0.4, 0.5) is 10.7 Å². The highest BCUT2D eigenvalue weighted by Crippen LogP contribution is 2.37. The van der Waals surface area contributed by atoms with Gasteiger partial charge in [0.1, 0.15) is 22.1 Å². The average Bonchev–Trinajstić information content (AvgIpc) is 3.52. The van der Waals surface area contributed by atoms with Crippen LogP contribution in [0.3, 0.4) is 0 Å². The Morgan fingerprint density at radius 1 is 1.09 bits per heavy atom. The van der Waals surface area contributed by atoms with Crippen molar-refractivity contribution >= 4 is 33.9 Å². The SMILES string of the molecule is CCOC(=O)c1c(-c2ccccc2)csc1NC(=O)c1ccc(-c2ccc(OC)cc2[N+](=O)[O-])o1. The number of nitro groups is 1. The third-order valence-corrected chi connectivity index (χ3v) is 5.97. The van der Waals surface area contributed by atoms with Crippen LogP contribution in [0, 0.1) is 10.1 Å². The second-order valence-electron chi connectivity index (χ2n) is 7.20. The molecule has 0 radical (unpaired) electrons. The first-order chi connectivity index (χ1) is 16.9. The van der Waals surface area contributed by atoms with Crippen molar-refractivity contribution in [3.05, 3.63) is 87.5 Å². The molecule has 0 saturated carbocycles. The van der Waals surface area contributed by atoms with E-state index in [0.717, 1.165) is 5.56 Å². The van der Waals surface area contributed by atoms with Crippen LogP contribution >= 0.6 is 11.3 Å². The smallest absolute Gasteiger partial charge is 0.341 e. The van der Waals surface area contributed by atoms with Gasteiger partial charge in [-0.15, -0.1) is 11.3 Å². The minimum Gasteiger partial charge on any atom is -0.497 e. The van der Waals surface area contributed by atoms with Gasteiger partial charge in [0.25, 0.3) is 11.6 Å². The fourth-order valence-electron chi connectivity index (χ4n) is 3.45. The number of nitro benzene ring substituents is 1. The molecule has 1 amide bonds. The number of furan rings is 1. The highest BCUT2D eigenvalue weighted by Gasteiger charge is 2.25. The number of carbonyl (C=O) groups is 2. The second-order valence-corrected chi connectivity index (χ2v) is 8.08. The van der Waals surface area contributed by atoms with Gasteiger partial charge in [-0.05, 0) is 36.8 Å². The van der Waals surface area contributed by atoms with Gasteiger partial charge in [-0.25, -0.2) is 4.79 Å². The van der Waals surface area contributed by atoms with Gasteiger partial charge in [0.05, 0.1) is 30.3 Å². The van der Waals surface area contributed by atoms with Gasteiger partial charge in [-0.3, -0.25) is 14.9 Å². The normalized spacial score (nSPS) is 10.6. The number of esters is 1. The monoisotopic (exact) mass is 492 g/mol. The van der Waals surface area contributed by atoms with Crippen LogP contribution in [0.5, 0.6) is 5.75 Å². The Morgan fingerprint density at radius 3 is 2.54 bits per heavy atom. The lowest BCUT2D eigenvalue weighted by molar-refractivity contribution is -0.384. The number of amides is 1. The Kier molecular flexibility index (Phi) is 6.93. The van der Waals surface area contributed by atoms with Crippen molar-refractivity contribution in [2.75, 3.05) is 19.0 Å². The summed E-state index contributed by atoms with van der Waals surface area (Å²) in [6, 6.07) is 16.5. The zero-order valence-electron chi connectivity index (χ0n) is 18.8. The molecule has 0 fully saturated rings. The minimum atomic E-state index is -0.612. The number of thiophene rings is 1. The molecule has 9 nitrogen and oxygen atoms in total. The van der Waals surface area contributed by atoms with Crippen molar-refractivity contribution in [1.82, 2.24) is 0 Å². The maximum Gasteiger partial charge on any atom is 0.341 e. The molecule has 0 atom stereocenters. The van der Waals surface area contributed by atoms with Gasteiger partial charge in [0.15, 0.2) is 5.76 Å².